The van der Waals surface area contributed by atoms with Gasteiger partial charge in [-0.3, -0.25) is 10.4 Å². The van der Waals surface area contributed by atoms with Gasteiger partial charge in [0.25, 0.3) is 0 Å². The molecule has 1 fully saturated rings. The molecule has 0 spiro atoms. The van der Waals surface area contributed by atoms with Crippen LogP contribution in [0, 0.1) is 5.92 Å². The van der Waals surface area contributed by atoms with E-state index < -0.39 is 0 Å². The van der Waals surface area contributed by atoms with Crippen molar-refractivity contribution in [2.45, 2.75) is 96.9 Å². The van der Waals surface area contributed by atoms with E-state index in [1.807, 2.05) is 13.1 Å². The molecule has 2 unspecified atom stereocenters. The van der Waals surface area contributed by atoms with Gasteiger partial charge in [0.1, 0.15) is 5.83 Å². The fraction of sp³-hybridized carbons (Fsp3) is 0.571. The minimum absolute atomic E-state index is 0.0552. The van der Waals surface area contributed by atoms with Gasteiger partial charge >= 0.3 is 0 Å². The summed E-state index contributed by atoms with van der Waals surface area (Å²) in [6.07, 6.45) is 19.2. The summed E-state index contributed by atoms with van der Waals surface area (Å²) in [5.74, 6) is 0.741. The monoisotopic (exact) mass is 563 g/mol. The zero-order valence-corrected chi connectivity index (χ0v) is 26.3. The van der Waals surface area contributed by atoms with Crippen molar-refractivity contribution in [2.75, 3.05) is 32.9 Å². The molecule has 1 aromatic rings. The fourth-order valence-corrected chi connectivity index (χ4v) is 6.15. The van der Waals surface area contributed by atoms with Crippen LogP contribution in [0.1, 0.15) is 97.0 Å². The minimum atomic E-state index is -0.123. The number of nitrogens with zero attached hydrogens (tertiary/aromatic N) is 3. The molecule has 0 amide bonds. The highest BCUT2D eigenvalue weighted by atomic mass is 19.1. The Morgan fingerprint density at radius 1 is 1.22 bits per heavy atom. The first-order chi connectivity index (χ1) is 19.8. The molecule has 0 aromatic heterocycles. The maximum atomic E-state index is 13.8. The quantitative estimate of drug-likeness (QED) is 0.0694. The topological polar surface area (TPSA) is 56.9 Å². The highest BCUT2D eigenvalue weighted by Crippen LogP contribution is 2.36. The zero-order chi connectivity index (χ0) is 29.8. The lowest BCUT2D eigenvalue weighted by Crippen LogP contribution is -2.52. The van der Waals surface area contributed by atoms with Crippen molar-refractivity contribution < 1.29 is 4.39 Å². The second-order valence-corrected chi connectivity index (χ2v) is 11.9. The predicted molar refractivity (Wildman–Crippen MR) is 176 cm³/mol. The van der Waals surface area contributed by atoms with E-state index in [1.165, 1.54) is 37.8 Å². The molecule has 6 heteroatoms. The molecule has 226 valence electrons. The van der Waals surface area contributed by atoms with Crippen molar-refractivity contribution in [2.24, 2.45) is 10.9 Å². The molecular weight excluding hydrogens is 509 g/mol. The molecular formula is C35H54FN5. The van der Waals surface area contributed by atoms with Crippen LogP contribution >= 0.6 is 0 Å². The molecule has 41 heavy (non-hydrogen) atoms. The van der Waals surface area contributed by atoms with Crippen molar-refractivity contribution in [3.8, 4) is 0 Å². The molecule has 3 rings (SSSR count). The van der Waals surface area contributed by atoms with Gasteiger partial charge in [0.2, 0.25) is 0 Å². The van der Waals surface area contributed by atoms with Gasteiger partial charge in [-0.15, -0.1) is 6.58 Å². The van der Waals surface area contributed by atoms with Crippen LogP contribution in [0.25, 0.3) is 5.70 Å². The van der Waals surface area contributed by atoms with E-state index in [2.05, 4.69) is 80.1 Å². The van der Waals surface area contributed by atoms with Crippen molar-refractivity contribution in [3.63, 3.8) is 0 Å². The molecule has 1 heterocycles. The number of halogens is 1. The number of nitrogens with two attached hydrogens (primary N) is 1. The van der Waals surface area contributed by atoms with Crippen molar-refractivity contribution >= 4 is 22.8 Å². The Balaban J connectivity index is 1.80. The SMILES string of the molecule is C=CC1(N(C)NC)CCN(/C(=C\CC)c2ccc(/N=C(\CCCCCC(C)CCC)C3=CC=C(F)CC3)c(N)c2)C1. The van der Waals surface area contributed by atoms with Gasteiger partial charge in [-0.1, -0.05) is 77.2 Å². The van der Waals surface area contributed by atoms with Crippen LogP contribution in [-0.4, -0.2) is 48.3 Å². The molecule has 2 aliphatic rings. The van der Waals surface area contributed by atoms with E-state index in [-0.39, 0.29) is 11.4 Å². The summed E-state index contributed by atoms with van der Waals surface area (Å²) in [7, 11) is 4.03. The van der Waals surface area contributed by atoms with Gasteiger partial charge in [0.05, 0.1) is 16.9 Å². The van der Waals surface area contributed by atoms with Crippen molar-refractivity contribution in [1.82, 2.24) is 15.3 Å². The van der Waals surface area contributed by atoms with Crippen LogP contribution in [0.2, 0.25) is 0 Å². The molecule has 0 saturated carbocycles. The van der Waals surface area contributed by atoms with Crippen LogP contribution in [-0.2, 0) is 0 Å². The molecule has 1 aliphatic carbocycles. The van der Waals surface area contributed by atoms with E-state index in [9.17, 15) is 4.39 Å². The normalized spacial score (nSPS) is 20.8. The maximum Gasteiger partial charge on any atom is 0.100 e. The second-order valence-electron chi connectivity index (χ2n) is 11.9. The number of hydrogen-bond acceptors (Lipinski definition) is 5. The zero-order valence-electron chi connectivity index (χ0n) is 26.3. The van der Waals surface area contributed by atoms with Crippen LogP contribution in [0.5, 0.6) is 0 Å². The maximum absolute atomic E-state index is 13.8. The predicted octanol–water partition coefficient (Wildman–Crippen LogP) is 8.75. The number of hydrazine groups is 1. The Bertz CT molecular complexity index is 1130. The van der Waals surface area contributed by atoms with Crippen LogP contribution in [0.15, 0.2) is 65.5 Å². The van der Waals surface area contributed by atoms with E-state index in [4.69, 9.17) is 10.7 Å². The highest BCUT2D eigenvalue weighted by molar-refractivity contribution is 6.02. The molecule has 2 atom stereocenters. The second kappa shape index (κ2) is 16.1. The summed E-state index contributed by atoms with van der Waals surface area (Å²) < 4.78 is 13.8. The fourth-order valence-electron chi connectivity index (χ4n) is 6.15. The van der Waals surface area contributed by atoms with Gasteiger partial charge in [0.15, 0.2) is 0 Å². The van der Waals surface area contributed by atoms with Gasteiger partial charge in [-0.25, -0.2) is 9.40 Å². The number of unbranched alkanes of at least 4 members (excludes halogenated alkanes) is 2. The lowest BCUT2D eigenvalue weighted by Gasteiger charge is -2.36. The van der Waals surface area contributed by atoms with Gasteiger partial charge in [-0.05, 0) is 74.4 Å². The molecule has 3 N–H and O–H groups in total. The Kier molecular flexibility index (Phi) is 12.9. The summed E-state index contributed by atoms with van der Waals surface area (Å²) in [6, 6.07) is 6.27. The Labute approximate surface area is 249 Å². The van der Waals surface area contributed by atoms with E-state index in [0.29, 0.717) is 18.5 Å². The van der Waals surface area contributed by atoms with Gasteiger partial charge in [0, 0.05) is 38.0 Å². The summed E-state index contributed by atoms with van der Waals surface area (Å²) in [6.45, 7) is 12.7. The first kappa shape index (κ1) is 32.8. The number of rotatable bonds is 16. The number of likely N-dealkylation sites (tertiary alicyclic amines) is 1. The highest BCUT2D eigenvalue weighted by Gasteiger charge is 2.39. The summed E-state index contributed by atoms with van der Waals surface area (Å²) in [5, 5.41) is 2.16. The van der Waals surface area contributed by atoms with Crippen LogP contribution in [0.4, 0.5) is 15.8 Å². The minimum Gasteiger partial charge on any atom is -0.397 e. The Hall–Kier alpha value is -2.70. The lowest BCUT2D eigenvalue weighted by molar-refractivity contribution is 0.125. The smallest absolute Gasteiger partial charge is 0.100 e. The number of anilines is 1. The van der Waals surface area contributed by atoms with Crippen LogP contribution < -0.4 is 11.2 Å². The Morgan fingerprint density at radius 3 is 2.66 bits per heavy atom. The number of benzene rings is 1. The third kappa shape index (κ3) is 8.89. The van der Waals surface area contributed by atoms with E-state index >= 15 is 0 Å². The first-order valence-corrected chi connectivity index (χ1v) is 15.8. The van der Waals surface area contributed by atoms with E-state index in [0.717, 1.165) is 67.2 Å². The number of nitrogens with one attached hydrogen (secondary N) is 1. The molecule has 1 aromatic carbocycles. The van der Waals surface area contributed by atoms with Crippen molar-refractivity contribution in [1.29, 1.82) is 0 Å². The van der Waals surface area contributed by atoms with Gasteiger partial charge in [-0.2, -0.15) is 0 Å². The number of likely N-dealkylation sites (N-methyl/N-ethyl adjacent to an activating group) is 1. The Morgan fingerprint density at radius 2 is 2.02 bits per heavy atom. The number of nitrogen functional groups attached to an aromatic ring is 1. The molecule has 5 nitrogen and oxygen atoms in total. The molecule has 0 radical (unpaired) electrons. The first-order valence-electron chi connectivity index (χ1n) is 15.8. The third-order valence-electron chi connectivity index (χ3n) is 8.84. The summed E-state index contributed by atoms with van der Waals surface area (Å²) >= 11 is 0. The largest absolute Gasteiger partial charge is 0.397 e. The molecule has 1 saturated heterocycles. The van der Waals surface area contributed by atoms with Crippen LogP contribution in [0.3, 0.4) is 0 Å². The molecule has 1 aliphatic heterocycles. The number of hydrogen-bond donors (Lipinski definition) is 2. The third-order valence-corrected chi connectivity index (χ3v) is 8.84. The number of allylic oxidation sites excluding steroid dienone is 5. The standard InChI is InChI=1S/C35H54FN5/c1-7-13-27(4)15-11-10-12-16-32(28-17-20-30(36)21-18-28)39-33-22-19-29(25-31(33)37)34(14-8-2)41-24-23-35(9-3,26-41)40(6)38-5/h9,14,17,19-20,22,25,27,38H,3,7-8,10-13,15-16,18,21,23-24,26,37H2,1-2,4-6H3/b34-14-,39-32+. The molecule has 0 bridgehead atoms. The van der Waals surface area contributed by atoms with Gasteiger partial charge < -0.3 is 10.6 Å². The lowest BCUT2D eigenvalue weighted by atomic mass is 9.94. The summed E-state index contributed by atoms with van der Waals surface area (Å²) in [4.78, 5) is 7.54. The van der Waals surface area contributed by atoms with Crippen molar-refractivity contribution in [3.05, 3.63) is 66.0 Å². The average molecular weight is 564 g/mol. The van der Waals surface area contributed by atoms with E-state index in [1.54, 1.807) is 6.08 Å². The summed E-state index contributed by atoms with van der Waals surface area (Å²) in [5.41, 5.74) is 15.8. The average Bonchev–Trinajstić information content (AvgIpc) is 3.41. The number of aliphatic imine (C=N–C) groups is 1.